The number of hydrogen-bond donors (Lipinski definition) is 1. The summed E-state index contributed by atoms with van der Waals surface area (Å²) in [5.41, 5.74) is 3.82. The van der Waals surface area contributed by atoms with Gasteiger partial charge in [0.25, 0.3) is 0 Å². The molecule has 39 heavy (non-hydrogen) atoms. The van der Waals surface area contributed by atoms with Gasteiger partial charge < -0.3 is 29.3 Å². The van der Waals surface area contributed by atoms with Gasteiger partial charge in [0.05, 0.1) is 24.6 Å². The van der Waals surface area contributed by atoms with E-state index in [0.29, 0.717) is 38.4 Å². The number of likely N-dealkylation sites (N-methyl/N-ethyl adjacent to an activating group) is 1. The average Bonchev–Trinajstić information content (AvgIpc) is 2.97. The maximum absolute atomic E-state index is 6.30. The highest BCUT2D eigenvalue weighted by molar-refractivity contribution is 5.68. The lowest BCUT2D eigenvalue weighted by atomic mass is 10.0. The quantitative estimate of drug-likeness (QED) is 0.531. The zero-order valence-corrected chi connectivity index (χ0v) is 22.7. The van der Waals surface area contributed by atoms with E-state index >= 15 is 0 Å². The summed E-state index contributed by atoms with van der Waals surface area (Å²) < 4.78 is 18.0. The van der Waals surface area contributed by atoms with E-state index in [1.807, 2.05) is 30.3 Å². The molecule has 4 heterocycles. The van der Waals surface area contributed by atoms with Gasteiger partial charge in [-0.05, 0) is 50.2 Å². The maximum Gasteiger partial charge on any atom is 0.227 e. The van der Waals surface area contributed by atoms with Crippen LogP contribution in [0.15, 0.2) is 54.7 Å². The minimum absolute atomic E-state index is 0.468. The molecule has 3 aliphatic heterocycles. The lowest BCUT2D eigenvalue weighted by Gasteiger charge is -2.42. The molecule has 6 rings (SSSR count). The van der Waals surface area contributed by atoms with Gasteiger partial charge in [0.2, 0.25) is 5.95 Å². The standard InChI is InChI=1S/C30H38N6O3/c1-34-13-15-35(16-14-34)25-8-11-36(12-9-25)28-6-5-24-22-29(28)39-20-18-37-17-19-38-26-4-2-3-23(21-26)27-7-10-31-30(32-24)33-27/h2-7,10,21-22,25H,8-9,11-20H2,1H3,(H,31,32,33). The summed E-state index contributed by atoms with van der Waals surface area (Å²) >= 11 is 0. The topological polar surface area (TPSA) is 75.2 Å². The van der Waals surface area contributed by atoms with Crippen LogP contribution in [-0.4, -0.2) is 98.6 Å². The summed E-state index contributed by atoms with van der Waals surface area (Å²) in [4.78, 5) is 16.8. The van der Waals surface area contributed by atoms with Gasteiger partial charge in [-0.15, -0.1) is 0 Å². The molecule has 2 saturated heterocycles. The first kappa shape index (κ1) is 25.9. The van der Waals surface area contributed by atoms with Crippen molar-refractivity contribution in [2.75, 3.05) is 83.0 Å². The molecule has 0 spiro atoms. The Bertz CT molecular complexity index is 1240. The molecule has 6 bridgehead atoms. The molecule has 0 unspecified atom stereocenters. The molecule has 2 fully saturated rings. The van der Waals surface area contributed by atoms with Crippen LogP contribution in [0.3, 0.4) is 0 Å². The van der Waals surface area contributed by atoms with Gasteiger partial charge in [-0.3, -0.25) is 4.90 Å². The molecule has 3 aliphatic rings. The van der Waals surface area contributed by atoms with E-state index in [9.17, 15) is 0 Å². The van der Waals surface area contributed by atoms with Crippen LogP contribution >= 0.6 is 0 Å². The number of rotatable bonds is 2. The summed E-state index contributed by atoms with van der Waals surface area (Å²) in [6.07, 6.45) is 4.12. The Morgan fingerprint density at radius 2 is 1.67 bits per heavy atom. The second-order valence-electron chi connectivity index (χ2n) is 10.5. The van der Waals surface area contributed by atoms with E-state index in [4.69, 9.17) is 19.2 Å². The van der Waals surface area contributed by atoms with Crippen LogP contribution in [0.2, 0.25) is 0 Å². The smallest absolute Gasteiger partial charge is 0.227 e. The molecule has 0 amide bonds. The molecule has 2 aromatic carbocycles. The number of benzene rings is 2. The van der Waals surface area contributed by atoms with Gasteiger partial charge in [0.1, 0.15) is 24.7 Å². The lowest BCUT2D eigenvalue weighted by Crippen LogP contribution is -2.52. The fourth-order valence-corrected chi connectivity index (χ4v) is 5.61. The molecular formula is C30H38N6O3. The first-order valence-electron chi connectivity index (χ1n) is 14.1. The van der Waals surface area contributed by atoms with Crippen LogP contribution in [0.1, 0.15) is 12.8 Å². The number of anilines is 3. The van der Waals surface area contributed by atoms with Gasteiger partial charge in [-0.2, -0.15) is 0 Å². The Morgan fingerprint density at radius 1 is 0.846 bits per heavy atom. The number of fused-ring (bicyclic) bond motifs is 7. The molecule has 3 aromatic rings. The zero-order valence-electron chi connectivity index (χ0n) is 22.7. The fourth-order valence-electron chi connectivity index (χ4n) is 5.61. The van der Waals surface area contributed by atoms with E-state index in [0.717, 1.165) is 47.2 Å². The monoisotopic (exact) mass is 530 g/mol. The van der Waals surface area contributed by atoms with Crippen LogP contribution in [0.25, 0.3) is 11.3 Å². The van der Waals surface area contributed by atoms with Gasteiger partial charge >= 0.3 is 0 Å². The van der Waals surface area contributed by atoms with E-state index in [1.54, 1.807) is 6.20 Å². The van der Waals surface area contributed by atoms with E-state index in [2.05, 4.69) is 50.2 Å². The number of aromatic nitrogens is 2. The number of piperidine rings is 1. The Morgan fingerprint density at radius 3 is 2.51 bits per heavy atom. The molecule has 1 aromatic heterocycles. The Balaban J connectivity index is 1.20. The van der Waals surface area contributed by atoms with Crippen molar-refractivity contribution >= 4 is 17.3 Å². The Hall–Kier alpha value is -3.40. The van der Waals surface area contributed by atoms with Gasteiger partial charge in [-0.25, -0.2) is 9.97 Å². The lowest BCUT2D eigenvalue weighted by molar-refractivity contribution is 0.0764. The van der Waals surface area contributed by atoms with E-state index in [-0.39, 0.29) is 0 Å². The highest BCUT2D eigenvalue weighted by Gasteiger charge is 2.28. The van der Waals surface area contributed by atoms with Crippen molar-refractivity contribution in [2.24, 2.45) is 0 Å². The second-order valence-corrected chi connectivity index (χ2v) is 10.5. The predicted molar refractivity (Wildman–Crippen MR) is 153 cm³/mol. The average molecular weight is 531 g/mol. The van der Waals surface area contributed by atoms with Crippen LogP contribution < -0.4 is 19.7 Å². The predicted octanol–water partition coefficient (Wildman–Crippen LogP) is 3.89. The van der Waals surface area contributed by atoms with Crippen molar-refractivity contribution < 1.29 is 14.2 Å². The molecule has 0 saturated carbocycles. The minimum atomic E-state index is 0.468. The Kier molecular flexibility index (Phi) is 8.08. The number of piperazine rings is 1. The van der Waals surface area contributed by atoms with E-state index < -0.39 is 0 Å². The zero-order chi connectivity index (χ0) is 26.4. The van der Waals surface area contributed by atoms with Gasteiger partial charge in [0, 0.05) is 68.8 Å². The summed E-state index contributed by atoms with van der Waals surface area (Å²) in [5, 5.41) is 3.38. The molecule has 0 atom stereocenters. The third kappa shape index (κ3) is 6.43. The van der Waals surface area contributed by atoms with Crippen molar-refractivity contribution in [3.63, 3.8) is 0 Å². The molecular weight excluding hydrogens is 492 g/mol. The van der Waals surface area contributed by atoms with Crippen molar-refractivity contribution in [2.45, 2.75) is 18.9 Å². The SMILES string of the molecule is CN1CCN(C2CCN(c3ccc4cc3OCCOCCOc3cccc(c3)-c3ccnc(n3)N4)CC2)CC1. The van der Waals surface area contributed by atoms with Crippen LogP contribution in [0.5, 0.6) is 11.5 Å². The molecule has 206 valence electrons. The molecule has 9 nitrogen and oxygen atoms in total. The van der Waals surface area contributed by atoms with Crippen molar-refractivity contribution in [1.82, 2.24) is 19.8 Å². The summed E-state index contributed by atoms with van der Waals surface area (Å²) in [7, 11) is 2.22. The Labute approximate surface area is 230 Å². The maximum atomic E-state index is 6.30. The first-order chi connectivity index (χ1) is 19.2. The number of nitrogens with one attached hydrogen (secondary N) is 1. The molecule has 0 aliphatic carbocycles. The summed E-state index contributed by atoms with van der Waals surface area (Å²) in [5.74, 6) is 2.18. The van der Waals surface area contributed by atoms with Crippen LogP contribution in [0.4, 0.5) is 17.3 Å². The highest BCUT2D eigenvalue weighted by atomic mass is 16.5. The van der Waals surface area contributed by atoms with Gasteiger partial charge in [0.15, 0.2) is 0 Å². The highest BCUT2D eigenvalue weighted by Crippen LogP contribution is 2.35. The number of hydrogen-bond acceptors (Lipinski definition) is 9. The molecule has 1 N–H and O–H groups in total. The van der Waals surface area contributed by atoms with Crippen LogP contribution in [0, 0.1) is 0 Å². The minimum Gasteiger partial charge on any atom is -0.491 e. The first-order valence-corrected chi connectivity index (χ1v) is 14.1. The number of nitrogens with zero attached hydrogens (tertiary/aromatic N) is 5. The van der Waals surface area contributed by atoms with Crippen molar-refractivity contribution in [3.8, 4) is 22.8 Å². The largest absolute Gasteiger partial charge is 0.491 e. The molecule has 0 radical (unpaired) electrons. The van der Waals surface area contributed by atoms with Crippen LogP contribution in [-0.2, 0) is 4.74 Å². The third-order valence-corrected chi connectivity index (χ3v) is 7.84. The van der Waals surface area contributed by atoms with Gasteiger partial charge in [-0.1, -0.05) is 12.1 Å². The van der Waals surface area contributed by atoms with Crippen molar-refractivity contribution in [1.29, 1.82) is 0 Å². The summed E-state index contributed by atoms with van der Waals surface area (Å²) in [6, 6.07) is 16.8. The molecule has 9 heteroatoms. The summed E-state index contributed by atoms with van der Waals surface area (Å²) in [6.45, 7) is 8.67. The number of ether oxygens (including phenoxy) is 3. The normalized spacial score (nSPS) is 19.9. The fraction of sp³-hybridized carbons (Fsp3) is 0.467. The third-order valence-electron chi connectivity index (χ3n) is 7.84. The van der Waals surface area contributed by atoms with E-state index in [1.165, 1.54) is 39.0 Å². The second kappa shape index (κ2) is 12.2. The van der Waals surface area contributed by atoms with Crippen molar-refractivity contribution in [3.05, 3.63) is 54.7 Å².